The number of aliphatic carboxylic acids is 1. The van der Waals surface area contributed by atoms with Gasteiger partial charge in [0.25, 0.3) is 0 Å². The lowest BCUT2D eigenvalue weighted by Gasteiger charge is -2.32. The summed E-state index contributed by atoms with van der Waals surface area (Å²) in [4.78, 5) is 31.1. The van der Waals surface area contributed by atoms with E-state index in [-0.39, 0.29) is 13.0 Å². The predicted octanol–water partition coefficient (Wildman–Crippen LogP) is 5.90. The largest absolute Gasteiger partial charge is 0.488 e. The molecule has 34 heavy (non-hydrogen) atoms. The van der Waals surface area contributed by atoms with Crippen LogP contribution in [0.5, 0.6) is 5.75 Å². The molecule has 2 heterocycles. The maximum atomic E-state index is 12.8. The van der Waals surface area contributed by atoms with Crippen LogP contribution in [0.3, 0.4) is 0 Å². The van der Waals surface area contributed by atoms with Crippen LogP contribution >= 0.6 is 15.9 Å². The summed E-state index contributed by atoms with van der Waals surface area (Å²) in [6, 6.07) is 17.4. The number of benzene rings is 2. The van der Waals surface area contributed by atoms with Crippen molar-refractivity contribution in [3.63, 3.8) is 0 Å². The quantitative estimate of drug-likeness (QED) is 0.455. The highest BCUT2D eigenvalue weighted by Gasteiger charge is 2.52. The monoisotopic (exact) mass is 526 g/mol. The Hall–Kier alpha value is -3.13. The Morgan fingerprint density at radius 3 is 2.50 bits per heavy atom. The Labute approximate surface area is 206 Å². The van der Waals surface area contributed by atoms with E-state index in [1.165, 1.54) is 11.8 Å². The number of halogens is 1. The van der Waals surface area contributed by atoms with Gasteiger partial charge < -0.3 is 14.6 Å². The van der Waals surface area contributed by atoms with Crippen molar-refractivity contribution >= 4 is 38.9 Å². The minimum absolute atomic E-state index is 0.0935. The van der Waals surface area contributed by atoms with E-state index in [1.807, 2.05) is 54.6 Å². The van der Waals surface area contributed by atoms with Crippen LogP contribution in [0.15, 0.2) is 59.1 Å². The molecule has 0 radical (unpaired) electrons. The van der Waals surface area contributed by atoms with Gasteiger partial charge in [-0.1, -0.05) is 46.3 Å². The Morgan fingerprint density at radius 2 is 1.85 bits per heavy atom. The van der Waals surface area contributed by atoms with Gasteiger partial charge in [-0.05, 0) is 45.9 Å². The summed E-state index contributed by atoms with van der Waals surface area (Å²) in [6.07, 6.45) is -1.09. The fraction of sp³-hybridized carbons (Fsp3) is 0.346. The first-order valence-electron chi connectivity index (χ1n) is 11.0. The number of pyridine rings is 1. The topological polar surface area (TPSA) is 89.0 Å². The third kappa shape index (κ3) is 4.87. The number of hydrogen-bond donors (Lipinski definition) is 1. The highest BCUT2D eigenvalue weighted by atomic mass is 79.9. The molecule has 0 saturated carbocycles. The van der Waals surface area contributed by atoms with E-state index >= 15 is 0 Å². The van der Waals surface area contributed by atoms with Gasteiger partial charge >= 0.3 is 12.1 Å². The maximum absolute atomic E-state index is 12.8. The summed E-state index contributed by atoms with van der Waals surface area (Å²) in [7, 11) is 0. The molecule has 1 saturated heterocycles. The third-order valence-electron chi connectivity index (χ3n) is 5.78. The molecule has 0 spiro atoms. The van der Waals surface area contributed by atoms with Crippen LogP contribution in [0, 0.1) is 0 Å². The van der Waals surface area contributed by atoms with Crippen LogP contribution in [-0.2, 0) is 9.53 Å². The van der Waals surface area contributed by atoms with E-state index in [9.17, 15) is 14.7 Å². The van der Waals surface area contributed by atoms with Crippen molar-refractivity contribution in [1.82, 2.24) is 9.88 Å². The molecule has 1 aliphatic rings. The molecule has 2 atom stereocenters. The number of carbonyl (C=O) groups is 2. The van der Waals surface area contributed by atoms with Crippen molar-refractivity contribution in [2.45, 2.75) is 51.4 Å². The average Bonchev–Trinajstić information content (AvgIpc) is 3.11. The molecule has 0 aliphatic carbocycles. The van der Waals surface area contributed by atoms with Crippen LogP contribution in [0.1, 0.15) is 34.1 Å². The molecule has 1 fully saturated rings. The van der Waals surface area contributed by atoms with E-state index < -0.39 is 29.3 Å². The van der Waals surface area contributed by atoms with Gasteiger partial charge in [-0.25, -0.2) is 14.6 Å². The molecule has 4 rings (SSSR count). The summed E-state index contributed by atoms with van der Waals surface area (Å²) in [6.45, 7) is 6.87. The van der Waals surface area contributed by atoms with E-state index in [4.69, 9.17) is 14.5 Å². The van der Waals surface area contributed by atoms with Gasteiger partial charge in [-0.2, -0.15) is 0 Å². The minimum Gasteiger partial charge on any atom is -0.488 e. The lowest BCUT2D eigenvalue weighted by Crippen LogP contribution is -2.52. The molecule has 1 aliphatic heterocycles. The Bertz CT molecular complexity index is 1240. The molecule has 0 unspecified atom stereocenters. The summed E-state index contributed by atoms with van der Waals surface area (Å²) >= 11 is 3.51. The summed E-state index contributed by atoms with van der Waals surface area (Å²) < 4.78 is 12.7. The standard InChI is InChI=1S/C26H27BrN2O5/c1-25(2,3)34-24(32)29-15-18(14-26(29,4)23(30)31)33-22-13-21(16-8-6-5-7-9-16)28-20-11-10-17(27)12-19(20)22/h5-13,18H,14-15H2,1-4H3,(H,30,31)/t18-,26+/m1/s1. The van der Waals surface area contributed by atoms with Crippen LogP contribution < -0.4 is 4.74 Å². The predicted molar refractivity (Wildman–Crippen MR) is 133 cm³/mol. The number of carboxylic acid groups (broad SMARTS) is 1. The van der Waals surface area contributed by atoms with Gasteiger partial charge in [-0.3, -0.25) is 4.90 Å². The maximum Gasteiger partial charge on any atom is 0.411 e. The first kappa shape index (κ1) is 24.0. The number of aromatic nitrogens is 1. The highest BCUT2D eigenvalue weighted by Crippen LogP contribution is 2.37. The van der Waals surface area contributed by atoms with Gasteiger partial charge in [0.2, 0.25) is 0 Å². The second kappa shape index (κ2) is 8.91. The molecular formula is C26H27BrN2O5. The first-order chi connectivity index (χ1) is 16.0. The molecule has 178 valence electrons. The van der Waals surface area contributed by atoms with Crippen molar-refractivity contribution in [2.75, 3.05) is 6.54 Å². The number of carbonyl (C=O) groups excluding carboxylic acids is 1. The van der Waals surface area contributed by atoms with E-state index in [0.29, 0.717) is 5.75 Å². The van der Waals surface area contributed by atoms with Crippen molar-refractivity contribution in [2.24, 2.45) is 0 Å². The third-order valence-corrected chi connectivity index (χ3v) is 6.27. The van der Waals surface area contributed by atoms with Gasteiger partial charge in [-0.15, -0.1) is 0 Å². The molecule has 0 bridgehead atoms. The molecular weight excluding hydrogens is 500 g/mol. The van der Waals surface area contributed by atoms with E-state index in [0.717, 1.165) is 26.6 Å². The smallest absolute Gasteiger partial charge is 0.411 e. The Kier molecular flexibility index (Phi) is 6.29. The van der Waals surface area contributed by atoms with Gasteiger partial charge in [0.15, 0.2) is 0 Å². The first-order valence-corrected chi connectivity index (χ1v) is 11.8. The molecule has 7 nitrogen and oxygen atoms in total. The number of rotatable bonds is 4. The number of hydrogen-bond acceptors (Lipinski definition) is 5. The van der Waals surface area contributed by atoms with Crippen molar-refractivity contribution in [1.29, 1.82) is 0 Å². The Morgan fingerprint density at radius 1 is 1.15 bits per heavy atom. The number of fused-ring (bicyclic) bond motifs is 1. The molecule has 2 aromatic carbocycles. The molecule has 1 aromatic heterocycles. The van der Waals surface area contributed by atoms with E-state index in [1.54, 1.807) is 20.8 Å². The van der Waals surface area contributed by atoms with Gasteiger partial charge in [0, 0.05) is 27.9 Å². The SMILES string of the molecule is CC(C)(C)OC(=O)N1C[C@H](Oc2cc(-c3ccccc3)nc3ccc(Br)cc23)C[C@@]1(C)C(=O)O. The van der Waals surface area contributed by atoms with Crippen LogP contribution in [0.2, 0.25) is 0 Å². The minimum atomic E-state index is -1.45. The fourth-order valence-electron chi connectivity index (χ4n) is 4.10. The lowest BCUT2D eigenvalue weighted by molar-refractivity contribution is -0.148. The molecule has 1 amide bonds. The van der Waals surface area contributed by atoms with Crippen LogP contribution in [0.25, 0.3) is 22.2 Å². The zero-order chi connectivity index (χ0) is 24.7. The average molecular weight is 527 g/mol. The number of carboxylic acids is 1. The molecule has 1 N–H and O–H groups in total. The van der Waals surface area contributed by atoms with Crippen LogP contribution in [-0.4, -0.2) is 50.8 Å². The summed E-state index contributed by atoms with van der Waals surface area (Å²) in [5, 5.41) is 10.7. The molecule has 3 aromatic rings. The fourth-order valence-corrected chi connectivity index (χ4v) is 4.46. The van der Waals surface area contributed by atoms with Crippen molar-refractivity contribution < 1.29 is 24.2 Å². The Balaban J connectivity index is 1.71. The zero-order valence-corrected chi connectivity index (χ0v) is 21.1. The van der Waals surface area contributed by atoms with E-state index in [2.05, 4.69) is 15.9 Å². The second-order valence-corrected chi connectivity index (χ2v) is 10.6. The highest BCUT2D eigenvalue weighted by molar-refractivity contribution is 9.10. The number of nitrogens with zero attached hydrogens (tertiary/aromatic N) is 2. The van der Waals surface area contributed by atoms with Crippen molar-refractivity contribution in [3.05, 3.63) is 59.1 Å². The number of amides is 1. The normalized spacial score (nSPS) is 20.4. The summed E-state index contributed by atoms with van der Waals surface area (Å²) in [5.41, 5.74) is 0.247. The van der Waals surface area contributed by atoms with Crippen molar-refractivity contribution in [3.8, 4) is 17.0 Å². The molecule has 8 heteroatoms. The zero-order valence-electron chi connectivity index (χ0n) is 19.5. The van der Waals surface area contributed by atoms with Crippen LogP contribution in [0.4, 0.5) is 4.79 Å². The van der Waals surface area contributed by atoms with Gasteiger partial charge in [0.1, 0.15) is 23.0 Å². The second-order valence-electron chi connectivity index (χ2n) is 9.65. The lowest BCUT2D eigenvalue weighted by atomic mass is 9.98. The number of likely N-dealkylation sites (tertiary alicyclic amines) is 1. The van der Waals surface area contributed by atoms with Gasteiger partial charge in [0.05, 0.1) is 17.8 Å². The summed E-state index contributed by atoms with van der Waals surface area (Å²) in [5.74, 6) is -0.523. The number of ether oxygens (including phenoxy) is 2.